The maximum atomic E-state index is 11.1. The van der Waals surface area contributed by atoms with Crippen molar-refractivity contribution in [2.24, 2.45) is 0 Å². The third kappa shape index (κ3) is 3.12. The van der Waals surface area contributed by atoms with Crippen molar-refractivity contribution in [3.05, 3.63) is 30.4 Å². The molecule has 1 aliphatic rings. The van der Waals surface area contributed by atoms with Crippen LogP contribution in [0.25, 0.3) is 22.1 Å². The largest absolute Gasteiger partial charge is 0.388 e. The van der Waals surface area contributed by atoms with Crippen molar-refractivity contribution < 1.29 is 9.84 Å². The Morgan fingerprint density at radius 3 is 2.84 bits per heavy atom. The van der Waals surface area contributed by atoms with Crippen LogP contribution in [0.3, 0.4) is 0 Å². The minimum atomic E-state index is -0.683. The maximum absolute atomic E-state index is 11.1. The lowest BCUT2D eigenvalue weighted by atomic mass is 9.85. The molecule has 0 unspecified atom stereocenters. The monoisotopic (exact) mass is 340 g/mol. The molecule has 132 valence electrons. The second-order valence-corrected chi connectivity index (χ2v) is 6.90. The van der Waals surface area contributed by atoms with E-state index < -0.39 is 5.60 Å². The van der Waals surface area contributed by atoms with Gasteiger partial charge in [-0.25, -0.2) is 4.98 Å². The highest BCUT2D eigenvalue weighted by Crippen LogP contribution is 2.32. The molecule has 3 aromatic rings. The fourth-order valence-corrected chi connectivity index (χ4v) is 3.81. The summed E-state index contributed by atoms with van der Waals surface area (Å²) in [5.74, 6) is 0.829. The molecule has 0 aliphatic heterocycles. The summed E-state index contributed by atoms with van der Waals surface area (Å²) in [5.41, 5.74) is 2.74. The molecule has 1 fully saturated rings. The first kappa shape index (κ1) is 16.4. The van der Waals surface area contributed by atoms with Crippen LogP contribution in [0.1, 0.15) is 44.9 Å². The zero-order valence-electron chi connectivity index (χ0n) is 14.6. The Morgan fingerprint density at radius 1 is 1.20 bits per heavy atom. The molecule has 0 spiro atoms. The van der Waals surface area contributed by atoms with Gasteiger partial charge in [0.1, 0.15) is 23.5 Å². The summed E-state index contributed by atoms with van der Waals surface area (Å²) < 4.78 is 7.72. The highest BCUT2D eigenvalue weighted by Gasteiger charge is 2.31. The first-order valence-corrected chi connectivity index (χ1v) is 9.09. The van der Waals surface area contributed by atoms with E-state index in [0.29, 0.717) is 19.8 Å². The summed E-state index contributed by atoms with van der Waals surface area (Å²) in [6.45, 7) is 3.56. The van der Waals surface area contributed by atoms with Crippen LogP contribution in [0.15, 0.2) is 24.5 Å². The van der Waals surface area contributed by atoms with Gasteiger partial charge in [0.15, 0.2) is 0 Å². The van der Waals surface area contributed by atoms with Crippen molar-refractivity contribution in [3.63, 3.8) is 0 Å². The van der Waals surface area contributed by atoms with E-state index in [1.807, 2.05) is 19.1 Å². The van der Waals surface area contributed by atoms with Crippen LogP contribution in [0.4, 0.5) is 0 Å². The van der Waals surface area contributed by atoms with Crippen LogP contribution in [-0.2, 0) is 17.9 Å². The number of aromatic nitrogens is 4. The zero-order chi connectivity index (χ0) is 17.3. The van der Waals surface area contributed by atoms with E-state index in [-0.39, 0.29) is 0 Å². The smallest absolute Gasteiger partial charge is 0.136 e. The van der Waals surface area contributed by atoms with Crippen LogP contribution in [-0.4, -0.2) is 36.8 Å². The molecule has 1 saturated carbocycles. The number of pyridine rings is 2. The third-order valence-corrected chi connectivity index (χ3v) is 5.08. The van der Waals surface area contributed by atoms with Crippen molar-refractivity contribution in [2.75, 3.05) is 6.61 Å². The van der Waals surface area contributed by atoms with Crippen molar-refractivity contribution in [1.29, 1.82) is 0 Å². The van der Waals surface area contributed by atoms with E-state index in [2.05, 4.69) is 14.5 Å². The zero-order valence-corrected chi connectivity index (χ0v) is 14.6. The molecule has 1 aliphatic carbocycles. The van der Waals surface area contributed by atoms with E-state index in [4.69, 9.17) is 9.72 Å². The van der Waals surface area contributed by atoms with Gasteiger partial charge in [0.2, 0.25) is 0 Å². The normalized spacial score (nSPS) is 17.4. The van der Waals surface area contributed by atoms with Gasteiger partial charge in [-0.2, -0.15) is 0 Å². The quantitative estimate of drug-likeness (QED) is 0.772. The van der Waals surface area contributed by atoms with Gasteiger partial charge in [-0.3, -0.25) is 9.97 Å². The van der Waals surface area contributed by atoms with E-state index in [9.17, 15) is 5.11 Å². The summed E-state index contributed by atoms with van der Waals surface area (Å²) >= 11 is 0. The Labute approximate surface area is 146 Å². The van der Waals surface area contributed by atoms with Crippen LogP contribution in [0.2, 0.25) is 0 Å². The lowest BCUT2D eigenvalue weighted by Crippen LogP contribution is -2.36. The van der Waals surface area contributed by atoms with Crippen molar-refractivity contribution in [1.82, 2.24) is 19.5 Å². The summed E-state index contributed by atoms with van der Waals surface area (Å²) in [6.07, 6.45) is 8.57. The number of fused-ring (bicyclic) bond motifs is 3. The molecule has 1 N–H and O–H groups in total. The van der Waals surface area contributed by atoms with E-state index in [1.54, 1.807) is 12.4 Å². The fraction of sp³-hybridized carbons (Fsp3) is 0.526. The predicted octanol–water partition coefficient (Wildman–Crippen LogP) is 3.21. The van der Waals surface area contributed by atoms with Crippen molar-refractivity contribution in [2.45, 2.75) is 57.8 Å². The molecular formula is C19H24N4O2. The Balaban J connectivity index is 1.86. The summed E-state index contributed by atoms with van der Waals surface area (Å²) in [7, 11) is 0. The van der Waals surface area contributed by atoms with Gasteiger partial charge in [0.25, 0.3) is 0 Å². The van der Waals surface area contributed by atoms with E-state index >= 15 is 0 Å². The Morgan fingerprint density at radius 2 is 2.04 bits per heavy atom. The number of aliphatic hydroxyl groups is 1. The molecule has 0 atom stereocenters. The van der Waals surface area contributed by atoms with Gasteiger partial charge in [-0.15, -0.1) is 0 Å². The van der Waals surface area contributed by atoms with Crippen molar-refractivity contribution in [3.8, 4) is 0 Å². The van der Waals surface area contributed by atoms with Crippen molar-refractivity contribution >= 4 is 22.1 Å². The van der Waals surface area contributed by atoms with Gasteiger partial charge >= 0.3 is 0 Å². The molecular weight excluding hydrogens is 316 g/mol. The van der Waals surface area contributed by atoms with Crippen LogP contribution in [0.5, 0.6) is 0 Å². The molecule has 0 saturated heterocycles. The number of hydrogen-bond donors (Lipinski definition) is 1. The van der Waals surface area contributed by atoms with Gasteiger partial charge in [0.05, 0.1) is 29.4 Å². The molecule has 3 heterocycles. The average molecular weight is 340 g/mol. The molecule has 0 bridgehead atoms. The number of imidazole rings is 1. The van der Waals surface area contributed by atoms with Gasteiger partial charge in [0, 0.05) is 12.8 Å². The number of nitrogens with zero attached hydrogens (tertiary/aromatic N) is 4. The fourth-order valence-electron chi connectivity index (χ4n) is 3.81. The predicted molar refractivity (Wildman–Crippen MR) is 96.2 cm³/mol. The average Bonchev–Trinajstić information content (AvgIpc) is 2.98. The standard InChI is InChI=1S/C19H24N4O2/c1-2-25-12-16-22-15-11-21-14-7-6-10-20-17(14)18(15)23(16)13-19(24)8-4-3-5-9-19/h6-7,10-11,24H,2-5,8-9,12-13H2,1H3. The van der Waals surface area contributed by atoms with Crippen LogP contribution < -0.4 is 0 Å². The van der Waals surface area contributed by atoms with Crippen LogP contribution in [0, 0.1) is 0 Å². The van der Waals surface area contributed by atoms with Gasteiger partial charge in [-0.1, -0.05) is 19.3 Å². The SMILES string of the molecule is CCOCc1nc2cnc3cccnc3c2n1CC1(O)CCCCC1. The molecule has 4 rings (SSSR count). The molecule has 0 radical (unpaired) electrons. The molecule has 0 amide bonds. The maximum Gasteiger partial charge on any atom is 0.136 e. The van der Waals surface area contributed by atoms with Gasteiger partial charge < -0.3 is 14.4 Å². The number of hydrogen-bond acceptors (Lipinski definition) is 5. The highest BCUT2D eigenvalue weighted by molar-refractivity contribution is 5.99. The Bertz CT molecular complexity index is 884. The topological polar surface area (TPSA) is 73.1 Å². The lowest BCUT2D eigenvalue weighted by molar-refractivity contribution is -0.0123. The first-order valence-electron chi connectivity index (χ1n) is 9.09. The molecule has 6 nitrogen and oxygen atoms in total. The Hall–Kier alpha value is -2.05. The minimum Gasteiger partial charge on any atom is -0.388 e. The van der Waals surface area contributed by atoms with Crippen LogP contribution >= 0.6 is 0 Å². The highest BCUT2D eigenvalue weighted by atomic mass is 16.5. The number of ether oxygens (including phenoxy) is 1. The molecule has 0 aromatic carbocycles. The summed E-state index contributed by atoms with van der Waals surface area (Å²) in [6, 6.07) is 3.84. The second kappa shape index (κ2) is 6.69. The van der Waals surface area contributed by atoms with E-state index in [0.717, 1.165) is 53.6 Å². The molecule has 6 heteroatoms. The third-order valence-electron chi connectivity index (χ3n) is 5.08. The molecule has 3 aromatic heterocycles. The minimum absolute atomic E-state index is 0.426. The number of rotatable bonds is 5. The molecule has 25 heavy (non-hydrogen) atoms. The Kier molecular flexibility index (Phi) is 4.39. The van der Waals surface area contributed by atoms with E-state index in [1.165, 1.54) is 6.42 Å². The second-order valence-electron chi connectivity index (χ2n) is 6.90. The summed E-state index contributed by atoms with van der Waals surface area (Å²) in [4.78, 5) is 13.7. The lowest BCUT2D eigenvalue weighted by Gasteiger charge is -2.33. The summed E-state index contributed by atoms with van der Waals surface area (Å²) in [5, 5.41) is 11.1. The van der Waals surface area contributed by atoms with Gasteiger partial charge in [-0.05, 0) is 31.9 Å². The first-order chi connectivity index (χ1) is 12.2.